The van der Waals surface area contributed by atoms with Crippen molar-refractivity contribution in [2.24, 2.45) is 0 Å². The molecule has 1 N–H and O–H groups in total. The summed E-state index contributed by atoms with van der Waals surface area (Å²) in [6.45, 7) is 1.13. The highest BCUT2D eigenvalue weighted by Gasteiger charge is 2.22. The number of pyridine rings is 1. The summed E-state index contributed by atoms with van der Waals surface area (Å²) in [4.78, 5) is 4.50. The third-order valence-corrected chi connectivity index (χ3v) is 4.07. The lowest BCUT2D eigenvalue weighted by Gasteiger charge is -2.12. The molecule has 0 radical (unpaired) electrons. The monoisotopic (exact) mass is 250 g/mol. The van der Waals surface area contributed by atoms with E-state index in [0.717, 1.165) is 6.54 Å². The van der Waals surface area contributed by atoms with Crippen molar-refractivity contribution in [1.82, 2.24) is 10.3 Å². The Balaban J connectivity index is 1.68. The van der Waals surface area contributed by atoms with Gasteiger partial charge in [0.25, 0.3) is 0 Å². The number of hydrogen-bond acceptors (Lipinski definition) is 3. The fourth-order valence-electron chi connectivity index (χ4n) is 2.44. The SMILES string of the molecule is CSCCCCCNC1CCc2cccnc21. The van der Waals surface area contributed by atoms with E-state index in [2.05, 4.69) is 22.6 Å². The number of aromatic nitrogens is 1. The summed E-state index contributed by atoms with van der Waals surface area (Å²) in [5.74, 6) is 1.30. The van der Waals surface area contributed by atoms with Crippen LogP contribution in [-0.4, -0.2) is 23.5 Å². The second-order valence-corrected chi connectivity index (χ2v) is 5.63. The Morgan fingerprint density at radius 1 is 1.41 bits per heavy atom. The molecule has 0 spiro atoms. The highest BCUT2D eigenvalue weighted by atomic mass is 32.2. The molecule has 2 nitrogen and oxygen atoms in total. The van der Waals surface area contributed by atoms with Crippen molar-refractivity contribution in [2.75, 3.05) is 18.6 Å². The van der Waals surface area contributed by atoms with Crippen LogP contribution in [0.25, 0.3) is 0 Å². The molecule has 0 bridgehead atoms. The largest absolute Gasteiger partial charge is 0.309 e. The molecule has 3 heteroatoms. The number of unbranched alkanes of at least 4 members (excludes halogenated alkanes) is 2. The molecule has 1 aromatic rings. The van der Waals surface area contributed by atoms with Crippen LogP contribution >= 0.6 is 11.8 Å². The summed E-state index contributed by atoms with van der Waals surface area (Å²) in [7, 11) is 0. The van der Waals surface area contributed by atoms with Crippen LogP contribution in [0.15, 0.2) is 18.3 Å². The number of aryl methyl sites for hydroxylation is 1. The Labute approximate surface area is 109 Å². The van der Waals surface area contributed by atoms with Gasteiger partial charge in [-0.25, -0.2) is 0 Å². The van der Waals surface area contributed by atoms with Crippen LogP contribution in [0.2, 0.25) is 0 Å². The van der Waals surface area contributed by atoms with Crippen molar-refractivity contribution in [3.8, 4) is 0 Å². The summed E-state index contributed by atoms with van der Waals surface area (Å²) in [5, 5.41) is 3.65. The molecule has 17 heavy (non-hydrogen) atoms. The molecule has 0 saturated heterocycles. The molecule has 94 valence electrons. The highest BCUT2D eigenvalue weighted by Crippen LogP contribution is 2.28. The van der Waals surface area contributed by atoms with Gasteiger partial charge in [-0.2, -0.15) is 11.8 Å². The van der Waals surface area contributed by atoms with Crippen molar-refractivity contribution in [1.29, 1.82) is 0 Å². The number of fused-ring (bicyclic) bond motifs is 1. The minimum Gasteiger partial charge on any atom is -0.309 e. The minimum absolute atomic E-state index is 0.506. The molecule has 2 rings (SSSR count). The molecule has 0 aliphatic heterocycles. The maximum atomic E-state index is 4.50. The quantitative estimate of drug-likeness (QED) is 0.752. The van der Waals surface area contributed by atoms with Gasteiger partial charge in [0.15, 0.2) is 0 Å². The van der Waals surface area contributed by atoms with Gasteiger partial charge in [-0.3, -0.25) is 4.98 Å². The Morgan fingerprint density at radius 3 is 3.24 bits per heavy atom. The molecule has 1 unspecified atom stereocenters. The van der Waals surface area contributed by atoms with Crippen LogP contribution in [0.5, 0.6) is 0 Å². The lowest BCUT2D eigenvalue weighted by molar-refractivity contribution is 0.504. The predicted molar refractivity (Wildman–Crippen MR) is 75.5 cm³/mol. The van der Waals surface area contributed by atoms with Crippen LogP contribution in [0, 0.1) is 0 Å². The predicted octanol–water partition coefficient (Wildman–Crippen LogP) is 3.19. The average molecular weight is 250 g/mol. The first kappa shape index (κ1) is 12.9. The standard InChI is InChI=1S/C14H22N2S/c1-17-11-4-2-3-9-15-13-8-7-12-6-5-10-16-14(12)13/h5-6,10,13,15H,2-4,7-9,11H2,1H3. The van der Waals surface area contributed by atoms with Gasteiger partial charge >= 0.3 is 0 Å². The van der Waals surface area contributed by atoms with Gasteiger partial charge in [-0.1, -0.05) is 12.5 Å². The maximum Gasteiger partial charge on any atom is 0.0605 e. The third-order valence-electron chi connectivity index (χ3n) is 3.37. The molecule has 1 heterocycles. The van der Waals surface area contributed by atoms with E-state index in [1.54, 1.807) is 0 Å². The van der Waals surface area contributed by atoms with Crippen LogP contribution in [-0.2, 0) is 6.42 Å². The van der Waals surface area contributed by atoms with Crippen molar-refractivity contribution < 1.29 is 0 Å². The van der Waals surface area contributed by atoms with Crippen LogP contribution in [0.4, 0.5) is 0 Å². The van der Waals surface area contributed by atoms with E-state index in [1.165, 1.54) is 49.1 Å². The first-order chi connectivity index (χ1) is 8.42. The van der Waals surface area contributed by atoms with Crippen molar-refractivity contribution >= 4 is 11.8 Å². The van der Waals surface area contributed by atoms with E-state index >= 15 is 0 Å². The zero-order valence-electron chi connectivity index (χ0n) is 10.6. The lowest BCUT2D eigenvalue weighted by atomic mass is 10.2. The van der Waals surface area contributed by atoms with E-state index in [9.17, 15) is 0 Å². The fourth-order valence-corrected chi connectivity index (χ4v) is 2.93. The van der Waals surface area contributed by atoms with Gasteiger partial charge in [0.1, 0.15) is 0 Å². The van der Waals surface area contributed by atoms with Gasteiger partial charge < -0.3 is 5.32 Å². The van der Waals surface area contributed by atoms with E-state index in [-0.39, 0.29) is 0 Å². The number of hydrogen-bond donors (Lipinski definition) is 1. The summed E-state index contributed by atoms with van der Waals surface area (Å²) in [5.41, 5.74) is 2.73. The summed E-state index contributed by atoms with van der Waals surface area (Å²) in [6.07, 6.45) is 10.5. The highest BCUT2D eigenvalue weighted by molar-refractivity contribution is 7.98. The van der Waals surface area contributed by atoms with Gasteiger partial charge in [0.05, 0.1) is 11.7 Å². The van der Waals surface area contributed by atoms with Crippen LogP contribution < -0.4 is 5.32 Å². The van der Waals surface area contributed by atoms with Crippen molar-refractivity contribution in [2.45, 2.75) is 38.1 Å². The summed E-state index contributed by atoms with van der Waals surface area (Å²) < 4.78 is 0. The number of nitrogens with zero attached hydrogens (tertiary/aromatic N) is 1. The molecule has 0 amide bonds. The molecular formula is C14H22N2S. The molecule has 1 atom stereocenters. The van der Waals surface area contributed by atoms with Crippen molar-refractivity contribution in [3.05, 3.63) is 29.6 Å². The topological polar surface area (TPSA) is 24.9 Å². The van der Waals surface area contributed by atoms with E-state index < -0.39 is 0 Å². The fraction of sp³-hybridized carbons (Fsp3) is 0.643. The molecule has 0 aromatic carbocycles. The molecule has 1 aliphatic rings. The Bertz CT molecular complexity index is 341. The van der Waals surface area contributed by atoms with Gasteiger partial charge in [0, 0.05) is 6.20 Å². The number of thioether (sulfide) groups is 1. The van der Waals surface area contributed by atoms with Crippen LogP contribution in [0.3, 0.4) is 0 Å². The zero-order chi connectivity index (χ0) is 11.9. The average Bonchev–Trinajstić information content (AvgIpc) is 2.77. The summed E-state index contributed by atoms with van der Waals surface area (Å²) >= 11 is 1.95. The first-order valence-electron chi connectivity index (χ1n) is 6.58. The Hall–Kier alpha value is -0.540. The molecule has 0 fully saturated rings. The summed E-state index contributed by atoms with van der Waals surface area (Å²) in [6, 6.07) is 4.76. The number of nitrogens with one attached hydrogen (secondary N) is 1. The van der Waals surface area contributed by atoms with Crippen molar-refractivity contribution in [3.63, 3.8) is 0 Å². The Kier molecular flexibility index (Phi) is 5.33. The van der Waals surface area contributed by atoms with Crippen LogP contribution in [0.1, 0.15) is 43.0 Å². The molecule has 0 saturated carbocycles. The Morgan fingerprint density at radius 2 is 2.35 bits per heavy atom. The van der Waals surface area contributed by atoms with Gasteiger partial charge in [-0.05, 0) is 55.9 Å². The van der Waals surface area contributed by atoms with E-state index in [0.29, 0.717) is 6.04 Å². The normalized spacial score (nSPS) is 18.3. The maximum absolute atomic E-state index is 4.50. The lowest BCUT2D eigenvalue weighted by Crippen LogP contribution is -2.21. The molecule has 1 aliphatic carbocycles. The first-order valence-corrected chi connectivity index (χ1v) is 7.97. The van der Waals surface area contributed by atoms with E-state index in [4.69, 9.17) is 0 Å². The van der Waals surface area contributed by atoms with Gasteiger partial charge in [0.2, 0.25) is 0 Å². The minimum atomic E-state index is 0.506. The molecular weight excluding hydrogens is 228 g/mol. The van der Waals surface area contributed by atoms with E-state index in [1.807, 2.05) is 24.0 Å². The third kappa shape index (κ3) is 3.71. The smallest absolute Gasteiger partial charge is 0.0605 e. The zero-order valence-corrected chi connectivity index (χ0v) is 11.4. The van der Waals surface area contributed by atoms with Gasteiger partial charge in [-0.15, -0.1) is 0 Å². The molecule has 1 aromatic heterocycles. The number of rotatable bonds is 7. The second-order valence-electron chi connectivity index (χ2n) is 4.65. The second kappa shape index (κ2) is 7.02.